The first-order valence-corrected chi connectivity index (χ1v) is 6.97. The van der Waals surface area contributed by atoms with Gasteiger partial charge in [0.2, 0.25) is 0 Å². The number of hydrogen-bond donors (Lipinski definition) is 1. The van der Waals surface area contributed by atoms with E-state index in [0.717, 1.165) is 32.7 Å². The van der Waals surface area contributed by atoms with Crippen LogP contribution in [0.15, 0.2) is 24.3 Å². The Balaban J connectivity index is 1.91. The van der Waals surface area contributed by atoms with Crippen LogP contribution >= 0.6 is 0 Å². The molecule has 0 unspecified atom stereocenters. The molecular weight excluding hydrogens is 256 g/mol. The van der Waals surface area contributed by atoms with Gasteiger partial charge in [-0.2, -0.15) is 0 Å². The maximum Gasteiger partial charge on any atom is 0.292 e. The second-order valence-electron chi connectivity index (χ2n) is 5.42. The minimum Gasteiger partial charge on any atom is -0.376 e. The molecule has 20 heavy (non-hydrogen) atoms. The van der Waals surface area contributed by atoms with Crippen molar-refractivity contribution in [2.45, 2.75) is 13.0 Å². The van der Waals surface area contributed by atoms with Gasteiger partial charge in [-0.25, -0.2) is 0 Å². The van der Waals surface area contributed by atoms with E-state index in [2.05, 4.69) is 29.1 Å². The first-order valence-electron chi connectivity index (χ1n) is 6.97. The average Bonchev–Trinajstić information content (AvgIpc) is 2.41. The molecule has 0 saturated carbocycles. The van der Waals surface area contributed by atoms with Gasteiger partial charge in [0.15, 0.2) is 0 Å². The highest BCUT2D eigenvalue weighted by Gasteiger charge is 2.18. The highest BCUT2D eigenvalue weighted by Crippen LogP contribution is 2.23. The molecule has 6 nitrogen and oxygen atoms in total. The number of nitro benzene ring substituents is 1. The van der Waals surface area contributed by atoms with Crippen LogP contribution in [0, 0.1) is 10.1 Å². The zero-order valence-corrected chi connectivity index (χ0v) is 12.1. The number of nitrogens with zero attached hydrogens (tertiary/aromatic N) is 3. The summed E-state index contributed by atoms with van der Waals surface area (Å²) in [6, 6.07) is 6.98. The molecule has 1 aliphatic rings. The van der Waals surface area contributed by atoms with Gasteiger partial charge in [0.05, 0.1) is 4.92 Å². The largest absolute Gasteiger partial charge is 0.376 e. The molecule has 0 bridgehead atoms. The summed E-state index contributed by atoms with van der Waals surface area (Å²) >= 11 is 0. The smallest absolute Gasteiger partial charge is 0.292 e. The van der Waals surface area contributed by atoms with Gasteiger partial charge in [-0.15, -0.1) is 0 Å². The van der Waals surface area contributed by atoms with E-state index in [1.54, 1.807) is 12.1 Å². The minimum absolute atomic E-state index is 0.137. The topological polar surface area (TPSA) is 61.6 Å². The number of nitrogens with one attached hydrogen (secondary N) is 1. The second-order valence-corrected chi connectivity index (χ2v) is 5.42. The van der Waals surface area contributed by atoms with E-state index in [4.69, 9.17) is 0 Å². The number of piperazine rings is 1. The van der Waals surface area contributed by atoms with Crippen LogP contribution in [0.25, 0.3) is 0 Å². The standard InChI is InChI=1S/C14H22N4O2/c1-12(11-17-9-7-16(2)8-10-17)15-13-5-3-4-6-14(13)18(19)20/h3-6,12,15H,7-11H2,1-2H3/t12-/m1/s1. The quantitative estimate of drug-likeness (QED) is 0.655. The molecule has 1 fully saturated rings. The van der Waals surface area contributed by atoms with E-state index in [0.29, 0.717) is 5.69 Å². The second kappa shape index (κ2) is 6.67. The van der Waals surface area contributed by atoms with E-state index in [9.17, 15) is 10.1 Å². The number of para-hydroxylation sites is 2. The van der Waals surface area contributed by atoms with E-state index in [-0.39, 0.29) is 16.7 Å². The zero-order valence-electron chi connectivity index (χ0n) is 12.1. The van der Waals surface area contributed by atoms with Gasteiger partial charge < -0.3 is 10.2 Å². The molecule has 1 aromatic rings. The molecule has 2 rings (SSSR count). The average molecular weight is 278 g/mol. The van der Waals surface area contributed by atoms with Gasteiger partial charge in [-0.1, -0.05) is 12.1 Å². The summed E-state index contributed by atoms with van der Waals surface area (Å²) in [5, 5.41) is 14.2. The Labute approximate surface area is 119 Å². The Kier molecular flexibility index (Phi) is 4.92. The van der Waals surface area contributed by atoms with Gasteiger partial charge >= 0.3 is 0 Å². The first-order chi connectivity index (χ1) is 9.56. The van der Waals surface area contributed by atoms with Crippen LogP contribution in [0.4, 0.5) is 11.4 Å². The zero-order chi connectivity index (χ0) is 14.5. The lowest BCUT2D eigenvalue weighted by molar-refractivity contribution is -0.384. The van der Waals surface area contributed by atoms with Crippen molar-refractivity contribution >= 4 is 11.4 Å². The van der Waals surface area contributed by atoms with E-state index in [1.165, 1.54) is 6.07 Å². The lowest BCUT2D eigenvalue weighted by Gasteiger charge is -2.34. The third kappa shape index (κ3) is 3.91. The monoisotopic (exact) mass is 278 g/mol. The number of likely N-dealkylation sites (N-methyl/N-ethyl adjacent to an activating group) is 1. The normalized spacial score (nSPS) is 18.7. The summed E-state index contributed by atoms with van der Waals surface area (Å²) in [7, 11) is 2.13. The molecule has 1 atom stereocenters. The number of anilines is 1. The Morgan fingerprint density at radius 1 is 1.30 bits per heavy atom. The molecule has 0 amide bonds. The van der Waals surface area contributed by atoms with Crippen LogP contribution in [-0.2, 0) is 0 Å². The van der Waals surface area contributed by atoms with Crippen molar-refractivity contribution in [3.05, 3.63) is 34.4 Å². The molecule has 0 radical (unpaired) electrons. The van der Waals surface area contributed by atoms with Gasteiger partial charge in [0, 0.05) is 44.8 Å². The third-order valence-electron chi connectivity index (χ3n) is 3.63. The van der Waals surface area contributed by atoms with E-state index >= 15 is 0 Å². The van der Waals surface area contributed by atoms with Crippen LogP contribution in [0.2, 0.25) is 0 Å². The Morgan fingerprint density at radius 3 is 2.60 bits per heavy atom. The molecule has 110 valence electrons. The maximum atomic E-state index is 11.0. The lowest BCUT2D eigenvalue weighted by atomic mass is 10.2. The molecule has 1 heterocycles. The fraction of sp³-hybridized carbons (Fsp3) is 0.571. The number of rotatable bonds is 5. The first kappa shape index (κ1) is 14.7. The highest BCUT2D eigenvalue weighted by molar-refractivity contribution is 5.61. The minimum atomic E-state index is -0.342. The van der Waals surface area contributed by atoms with Gasteiger partial charge in [0.1, 0.15) is 5.69 Å². The summed E-state index contributed by atoms with van der Waals surface area (Å²) in [6.07, 6.45) is 0. The summed E-state index contributed by atoms with van der Waals surface area (Å²) in [5.74, 6) is 0. The van der Waals surface area contributed by atoms with Crippen molar-refractivity contribution in [3.63, 3.8) is 0 Å². The van der Waals surface area contributed by atoms with Crippen molar-refractivity contribution < 1.29 is 4.92 Å². The summed E-state index contributed by atoms with van der Waals surface area (Å²) in [5.41, 5.74) is 0.733. The molecule has 1 saturated heterocycles. The molecule has 1 aromatic carbocycles. The van der Waals surface area contributed by atoms with Crippen molar-refractivity contribution in [1.82, 2.24) is 9.80 Å². The van der Waals surface area contributed by atoms with Crippen molar-refractivity contribution in [1.29, 1.82) is 0 Å². The highest BCUT2D eigenvalue weighted by atomic mass is 16.6. The third-order valence-corrected chi connectivity index (χ3v) is 3.63. The molecule has 0 aromatic heterocycles. The predicted octanol–water partition coefficient (Wildman–Crippen LogP) is 1.64. The van der Waals surface area contributed by atoms with Gasteiger partial charge in [-0.05, 0) is 20.0 Å². The van der Waals surface area contributed by atoms with Crippen molar-refractivity contribution in [2.75, 3.05) is 45.1 Å². The summed E-state index contributed by atoms with van der Waals surface area (Å²) in [4.78, 5) is 15.3. The molecule has 6 heteroatoms. The van der Waals surface area contributed by atoms with Crippen LogP contribution in [-0.4, -0.2) is 60.5 Å². The van der Waals surface area contributed by atoms with Crippen LogP contribution in [0.5, 0.6) is 0 Å². The SMILES string of the molecule is C[C@H](CN1CCN(C)CC1)Nc1ccccc1[N+](=O)[O-]. The molecule has 0 spiro atoms. The Morgan fingerprint density at radius 2 is 1.95 bits per heavy atom. The molecule has 1 aliphatic heterocycles. The number of hydrogen-bond acceptors (Lipinski definition) is 5. The molecule has 1 N–H and O–H groups in total. The van der Waals surface area contributed by atoms with E-state index < -0.39 is 0 Å². The molecular formula is C14H22N4O2. The number of nitro groups is 1. The van der Waals surface area contributed by atoms with Crippen LogP contribution < -0.4 is 5.32 Å². The number of benzene rings is 1. The van der Waals surface area contributed by atoms with E-state index in [1.807, 2.05) is 6.07 Å². The van der Waals surface area contributed by atoms with Crippen LogP contribution in [0.3, 0.4) is 0 Å². The van der Waals surface area contributed by atoms with Crippen LogP contribution in [0.1, 0.15) is 6.92 Å². The summed E-state index contributed by atoms with van der Waals surface area (Å²) < 4.78 is 0. The van der Waals surface area contributed by atoms with Crippen molar-refractivity contribution in [3.8, 4) is 0 Å². The van der Waals surface area contributed by atoms with Crippen molar-refractivity contribution in [2.24, 2.45) is 0 Å². The summed E-state index contributed by atoms with van der Waals surface area (Å²) in [6.45, 7) is 7.24. The lowest BCUT2D eigenvalue weighted by Crippen LogP contribution is -2.47. The Hall–Kier alpha value is -1.66. The van der Waals surface area contributed by atoms with Gasteiger partial charge in [0.25, 0.3) is 5.69 Å². The Bertz CT molecular complexity index is 458. The fourth-order valence-electron chi connectivity index (χ4n) is 2.48. The molecule has 0 aliphatic carbocycles. The fourth-order valence-corrected chi connectivity index (χ4v) is 2.48. The predicted molar refractivity (Wildman–Crippen MR) is 80.1 cm³/mol. The van der Waals surface area contributed by atoms with Gasteiger partial charge in [-0.3, -0.25) is 15.0 Å². The maximum absolute atomic E-state index is 11.0.